The second-order valence-corrected chi connectivity index (χ2v) is 40.2. The topological polar surface area (TPSA) is 21.6 Å². The van der Waals surface area contributed by atoms with E-state index < -0.39 is 14.8 Å². The molecular weight excluding hydrogens is 282 g/mol. The van der Waals surface area contributed by atoms with Crippen molar-refractivity contribution in [1.82, 2.24) is 0 Å². The fraction of sp³-hybridized carbons (Fsp3) is 0.929. The van der Waals surface area contributed by atoms with E-state index in [2.05, 4.69) is 31.0 Å². The number of rotatable bonds is 3. The van der Waals surface area contributed by atoms with Crippen LogP contribution in [0.4, 0.5) is 0 Å². The summed E-state index contributed by atoms with van der Waals surface area (Å²) in [5.41, 5.74) is 0. The van der Waals surface area contributed by atoms with Crippen LogP contribution in [0.15, 0.2) is 5.16 Å². The zero-order valence-electron chi connectivity index (χ0n) is 11.0. The van der Waals surface area contributed by atoms with E-state index >= 15 is 0 Å². The maximum absolute atomic E-state index is 5.86. The number of hydrogen-bond donors (Lipinski definition) is 0. The molecule has 10 rings (SSSR count). The van der Waals surface area contributed by atoms with Crippen molar-refractivity contribution in [3.8, 4) is 0 Å². The zero-order valence-corrected chi connectivity index (χ0v) is 13.1. The van der Waals surface area contributed by atoms with Crippen LogP contribution in [0.3, 0.4) is 0 Å². The summed E-state index contributed by atoms with van der Waals surface area (Å²) in [5.74, 6) is 0. The van der Waals surface area contributed by atoms with Crippen molar-refractivity contribution in [1.29, 1.82) is 0 Å². The second kappa shape index (κ2) is 0.594. The third-order valence-electron chi connectivity index (χ3n) is 15.4. The van der Waals surface area contributed by atoms with Crippen molar-refractivity contribution >= 4 is 14.5 Å². The molecule has 10 fully saturated rings. The van der Waals surface area contributed by atoms with E-state index in [0.717, 1.165) is 4.31 Å². The van der Waals surface area contributed by atoms with Gasteiger partial charge in [0.15, 0.2) is 0 Å². The Kier molecular flexibility index (Phi) is 0.240. The Bertz CT molecular complexity index is 941. The zero-order chi connectivity index (χ0) is 11.6. The van der Waals surface area contributed by atoms with Gasteiger partial charge in [-0.05, 0) is 0 Å². The molecule has 0 bridgehead atoms. The average molecular weight is 301 g/mol. The van der Waals surface area contributed by atoms with Gasteiger partial charge < -0.3 is 0 Å². The van der Waals surface area contributed by atoms with Crippen LogP contribution in [0.5, 0.6) is 0 Å². The Balaban J connectivity index is 1.36. The third-order valence-corrected chi connectivity index (χ3v) is 58.5. The van der Waals surface area contributed by atoms with Gasteiger partial charge >= 0.3 is 98.0 Å². The summed E-state index contributed by atoms with van der Waals surface area (Å²) in [5, 5.41) is 4.61. The number of oxime groups is 1. The number of fused-ring (bicyclic) bond motifs is 10. The molecule has 0 radical (unpaired) electrons. The van der Waals surface area contributed by atoms with Crippen LogP contribution in [0.2, 0.25) is 67.3 Å². The minimum atomic E-state index is -2.86. The summed E-state index contributed by atoms with van der Waals surface area (Å²) >= 11 is 0. The number of hydrogen-bond acceptors (Lipinski definition) is 2. The second-order valence-electron chi connectivity index (χ2n) is 12.2. The fourth-order valence-electron chi connectivity index (χ4n) is 17.0. The van der Waals surface area contributed by atoms with Gasteiger partial charge in [-0.1, -0.05) is 0 Å². The first kappa shape index (κ1) is 7.28. The van der Waals surface area contributed by atoms with E-state index in [9.17, 15) is 0 Å². The molecule has 0 N–H and O–H groups in total. The van der Waals surface area contributed by atoms with E-state index in [1.165, 1.54) is 43.3 Å². The van der Waals surface area contributed by atoms with Gasteiger partial charge in [0.1, 0.15) is 0 Å². The first-order valence-corrected chi connectivity index (χ1v) is 17.4. The van der Waals surface area contributed by atoms with Gasteiger partial charge in [-0.2, -0.15) is 0 Å². The standard InChI is InChI=1S/C9H14NOSi.C5H5.Fe/c1-12(2,3)11-10-8-9-6-4-5-7-9;1-2-4-5-3-1;/h4-8H,1-3H3;1-5H;. The van der Waals surface area contributed by atoms with Crippen molar-refractivity contribution < 1.29 is 11.0 Å². The summed E-state index contributed by atoms with van der Waals surface area (Å²) < 4.78 is 6.67. The predicted molar refractivity (Wildman–Crippen MR) is 69.4 cm³/mol. The Morgan fingerprint density at radius 2 is 1.44 bits per heavy atom. The summed E-state index contributed by atoms with van der Waals surface area (Å²) in [6, 6.07) is 0. The molecule has 10 aliphatic rings. The molecule has 98 valence electrons. The molecule has 2 nitrogen and oxygen atoms in total. The van der Waals surface area contributed by atoms with Crippen LogP contribution >= 0.6 is 0 Å². The summed E-state index contributed by atoms with van der Waals surface area (Å²) in [4.78, 5) is 12.5. The molecule has 0 amide bonds. The molecule has 4 unspecified atom stereocenters. The van der Waals surface area contributed by atoms with Crippen molar-refractivity contribution in [3.63, 3.8) is 0 Å². The van der Waals surface area contributed by atoms with E-state index in [1.807, 2.05) is 0 Å². The first-order chi connectivity index (χ1) is 8.25. The molecular formula is C14H19FeNOSi. The van der Waals surface area contributed by atoms with Crippen molar-refractivity contribution in [2.75, 3.05) is 0 Å². The quantitative estimate of drug-likeness (QED) is 0.424. The molecule has 10 heterocycles. The molecule has 18 heavy (non-hydrogen) atoms. The Morgan fingerprint density at radius 1 is 0.944 bits per heavy atom. The van der Waals surface area contributed by atoms with Gasteiger partial charge in [0.2, 0.25) is 0 Å². The third kappa shape index (κ3) is 0.0766. The predicted octanol–water partition coefficient (Wildman–Crippen LogP) is 4.58. The fourth-order valence-corrected chi connectivity index (χ4v) is 90.8. The summed E-state index contributed by atoms with van der Waals surface area (Å²) in [7, 11) is -1.46. The molecule has 0 saturated carbocycles. The van der Waals surface area contributed by atoms with Crippen LogP contribution in [-0.2, 0) is 11.0 Å². The van der Waals surface area contributed by atoms with Crippen LogP contribution in [0.1, 0.15) is 0 Å². The molecule has 4 heteroatoms. The summed E-state index contributed by atoms with van der Waals surface area (Å²) in [6.07, 6.45) is 2.48. The van der Waals surface area contributed by atoms with Crippen molar-refractivity contribution in [3.05, 3.63) is 0 Å². The van der Waals surface area contributed by atoms with E-state index in [4.69, 9.17) is 4.53 Å². The van der Waals surface area contributed by atoms with Crippen LogP contribution in [0, 0.1) is 0 Å². The molecule has 10 saturated heterocycles. The van der Waals surface area contributed by atoms with Gasteiger partial charge in [0.05, 0.1) is 0 Å². The van der Waals surface area contributed by atoms with Crippen LogP contribution in [-0.4, -0.2) is 14.5 Å². The van der Waals surface area contributed by atoms with Crippen LogP contribution < -0.4 is 0 Å². The van der Waals surface area contributed by atoms with Gasteiger partial charge in [-0.25, -0.2) is 0 Å². The maximum atomic E-state index is 5.86. The molecule has 0 aromatic carbocycles. The average Bonchev–Trinajstić information content (AvgIpc) is 3.23. The molecule has 4 atom stereocenters. The van der Waals surface area contributed by atoms with E-state index in [0.29, 0.717) is 0 Å². The molecule has 0 aromatic rings. The monoisotopic (exact) mass is 301 g/mol. The van der Waals surface area contributed by atoms with Gasteiger partial charge in [-0.15, -0.1) is 0 Å². The van der Waals surface area contributed by atoms with Crippen LogP contribution in [0.25, 0.3) is 0 Å². The normalized spacial score (nSPS) is 114. The Morgan fingerprint density at radius 3 is 1.72 bits per heavy atom. The molecule has 0 aromatic heterocycles. The minimum absolute atomic E-state index is 0.818. The molecule has 0 aliphatic carbocycles. The van der Waals surface area contributed by atoms with Gasteiger partial charge in [0, 0.05) is 0 Å². The SMILES string of the molecule is C[Si](C)(C)ON=C[C]12[CH]3[CH]4[CH]5[CH]1[Fe]45321678[CH]2[CH]1[CH]6[CH]7[CH]28. The van der Waals surface area contributed by atoms with Gasteiger partial charge in [0.25, 0.3) is 0 Å². The number of nitrogens with zero attached hydrogens (tertiary/aromatic N) is 1. The van der Waals surface area contributed by atoms with E-state index in [1.54, 1.807) is 0 Å². The summed E-state index contributed by atoms with van der Waals surface area (Å²) in [6.45, 7) is 3.90. The van der Waals surface area contributed by atoms with Crippen molar-refractivity contribution in [2.24, 2.45) is 5.16 Å². The Hall–Kier alpha value is 0.206. The molecule has 1 spiro atoms. The van der Waals surface area contributed by atoms with Gasteiger partial charge in [-0.3, -0.25) is 0 Å². The first-order valence-electron chi connectivity index (χ1n) is 7.69. The van der Waals surface area contributed by atoms with Crippen molar-refractivity contribution in [2.45, 2.75) is 67.3 Å². The van der Waals surface area contributed by atoms with E-state index in [-0.39, 0.29) is 0 Å². The Labute approximate surface area is 97.9 Å². The molecule has 10 aliphatic heterocycles.